The van der Waals surface area contributed by atoms with Gasteiger partial charge in [-0.05, 0) is 59.5 Å². The third-order valence-corrected chi connectivity index (χ3v) is 4.01. The van der Waals surface area contributed by atoms with E-state index >= 15 is 0 Å². The Balaban J connectivity index is 2.17. The molecule has 0 unspecified atom stereocenters. The molecule has 1 saturated carbocycles. The molecular weight excluding hydrogens is 299 g/mol. The molecule has 0 radical (unpaired) electrons. The van der Waals surface area contributed by atoms with Crippen LogP contribution in [0.15, 0.2) is 27.5 Å². The SMILES string of the molecule is Cc1cc(F)ccc1-n1[nH]c(C2CC2)c(Br)c1=O. The van der Waals surface area contributed by atoms with E-state index in [-0.39, 0.29) is 11.4 Å². The maximum Gasteiger partial charge on any atom is 0.285 e. The van der Waals surface area contributed by atoms with Gasteiger partial charge in [0.15, 0.2) is 0 Å². The smallest absolute Gasteiger partial charge is 0.285 e. The first-order chi connectivity index (χ1) is 8.58. The lowest BCUT2D eigenvalue weighted by Gasteiger charge is -2.05. The van der Waals surface area contributed by atoms with Gasteiger partial charge in [-0.25, -0.2) is 9.07 Å². The number of nitrogens with one attached hydrogen (secondary N) is 1. The van der Waals surface area contributed by atoms with Gasteiger partial charge in [0.1, 0.15) is 10.3 Å². The van der Waals surface area contributed by atoms with E-state index in [0.29, 0.717) is 16.1 Å². The highest BCUT2D eigenvalue weighted by Crippen LogP contribution is 2.41. The van der Waals surface area contributed by atoms with Gasteiger partial charge in [-0.1, -0.05) is 0 Å². The molecule has 1 aliphatic carbocycles. The number of aromatic nitrogens is 2. The van der Waals surface area contributed by atoms with Gasteiger partial charge in [0.05, 0.1) is 11.4 Å². The predicted octanol–water partition coefficient (Wildman–Crippen LogP) is 3.25. The summed E-state index contributed by atoms with van der Waals surface area (Å²) in [6, 6.07) is 4.40. The van der Waals surface area contributed by atoms with Crippen molar-refractivity contribution in [1.82, 2.24) is 9.78 Å². The summed E-state index contributed by atoms with van der Waals surface area (Å²) < 4.78 is 15.1. The lowest BCUT2D eigenvalue weighted by atomic mass is 10.2. The molecule has 5 heteroatoms. The number of benzene rings is 1. The minimum absolute atomic E-state index is 0.119. The zero-order valence-corrected chi connectivity index (χ0v) is 11.4. The first-order valence-electron chi connectivity index (χ1n) is 5.85. The van der Waals surface area contributed by atoms with Crippen LogP contribution in [0.25, 0.3) is 5.69 Å². The van der Waals surface area contributed by atoms with Gasteiger partial charge >= 0.3 is 0 Å². The molecular formula is C13H12BrFN2O. The van der Waals surface area contributed by atoms with Gasteiger partial charge in [-0.15, -0.1) is 0 Å². The van der Waals surface area contributed by atoms with E-state index in [4.69, 9.17) is 0 Å². The van der Waals surface area contributed by atoms with E-state index in [9.17, 15) is 9.18 Å². The van der Waals surface area contributed by atoms with Gasteiger partial charge in [0, 0.05) is 5.92 Å². The van der Waals surface area contributed by atoms with Crippen molar-refractivity contribution in [1.29, 1.82) is 0 Å². The highest BCUT2D eigenvalue weighted by Gasteiger charge is 2.29. The Morgan fingerprint density at radius 1 is 1.44 bits per heavy atom. The Labute approximate surface area is 112 Å². The van der Waals surface area contributed by atoms with E-state index in [1.54, 1.807) is 13.0 Å². The summed E-state index contributed by atoms with van der Waals surface area (Å²) in [7, 11) is 0. The van der Waals surface area contributed by atoms with Crippen LogP contribution >= 0.6 is 15.9 Å². The third kappa shape index (κ3) is 1.82. The van der Waals surface area contributed by atoms with Crippen molar-refractivity contribution in [2.45, 2.75) is 25.7 Å². The molecule has 2 aromatic rings. The summed E-state index contributed by atoms with van der Waals surface area (Å²) in [5.74, 6) is 0.159. The molecule has 94 valence electrons. The number of nitrogens with zero attached hydrogens (tertiary/aromatic N) is 1. The van der Waals surface area contributed by atoms with Crippen LogP contribution in [-0.2, 0) is 0 Å². The molecule has 0 spiro atoms. The maximum atomic E-state index is 13.1. The van der Waals surface area contributed by atoms with E-state index < -0.39 is 0 Å². The van der Waals surface area contributed by atoms with Crippen molar-refractivity contribution in [3.05, 3.63) is 50.1 Å². The fourth-order valence-corrected chi connectivity index (χ4v) is 2.71. The predicted molar refractivity (Wildman–Crippen MR) is 70.8 cm³/mol. The second-order valence-electron chi connectivity index (χ2n) is 4.69. The van der Waals surface area contributed by atoms with Gasteiger partial charge in [0.2, 0.25) is 0 Å². The monoisotopic (exact) mass is 310 g/mol. The number of rotatable bonds is 2. The Morgan fingerprint density at radius 3 is 2.78 bits per heavy atom. The van der Waals surface area contributed by atoms with Crippen molar-refractivity contribution < 1.29 is 4.39 Å². The third-order valence-electron chi connectivity index (χ3n) is 3.24. The summed E-state index contributed by atoms with van der Waals surface area (Å²) in [5.41, 5.74) is 2.25. The Bertz CT molecular complexity index is 670. The van der Waals surface area contributed by atoms with Crippen molar-refractivity contribution in [3.8, 4) is 5.69 Å². The standard InChI is InChI=1S/C13H12BrFN2O/c1-7-6-9(15)4-5-10(7)17-13(18)11(14)12(16-17)8-2-3-8/h4-6,8,16H,2-3H2,1H3. The van der Waals surface area contributed by atoms with Crippen LogP contribution in [0.1, 0.15) is 30.0 Å². The molecule has 1 aromatic heterocycles. The lowest BCUT2D eigenvalue weighted by Crippen LogP contribution is -2.15. The minimum Gasteiger partial charge on any atom is -0.294 e. The van der Waals surface area contributed by atoms with E-state index in [1.807, 2.05) is 0 Å². The fourth-order valence-electron chi connectivity index (χ4n) is 2.12. The first-order valence-corrected chi connectivity index (χ1v) is 6.64. The highest BCUT2D eigenvalue weighted by molar-refractivity contribution is 9.10. The average Bonchev–Trinajstić information content (AvgIpc) is 3.11. The van der Waals surface area contributed by atoms with Crippen LogP contribution in [0.3, 0.4) is 0 Å². The van der Waals surface area contributed by atoms with Gasteiger partial charge in [0.25, 0.3) is 5.56 Å². The number of halogens is 2. The molecule has 1 heterocycles. The Kier molecular flexibility index (Phi) is 2.66. The summed E-state index contributed by atoms with van der Waals surface area (Å²) in [6.45, 7) is 1.79. The summed E-state index contributed by atoms with van der Waals surface area (Å²) >= 11 is 3.34. The summed E-state index contributed by atoms with van der Waals surface area (Å²) in [4.78, 5) is 12.2. The molecule has 0 bridgehead atoms. The summed E-state index contributed by atoms with van der Waals surface area (Å²) in [6.07, 6.45) is 2.22. The van der Waals surface area contributed by atoms with Crippen LogP contribution in [0.5, 0.6) is 0 Å². The average molecular weight is 311 g/mol. The van der Waals surface area contributed by atoms with Gasteiger partial charge in [-0.3, -0.25) is 9.89 Å². The van der Waals surface area contributed by atoms with Gasteiger partial charge < -0.3 is 0 Å². The number of aryl methyl sites for hydroxylation is 1. The fraction of sp³-hybridized carbons (Fsp3) is 0.308. The highest BCUT2D eigenvalue weighted by atomic mass is 79.9. The second-order valence-corrected chi connectivity index (χ2v) is 5.48. The molecule has 0 saturated heterocycles. The molecule has 1 N–H and O–H groups in total. The zero-order valence-electron chi connectivity index (χ0n) is 9.84. The molecule has 0 aliphatic heterocycles. The molecule has 3 nitrogen and oxygen atoms in total. The molecule has 18 heavy (non-hydrogen) atoms. The zero-order chi connectivity index (χ0) is 12.9. The normalized spacial score (nSPS) is 15.1. The number of aromatic amines is 1. The summed E-state index contributed by atoms with van der Waals surface area (Å²) in [5, 5.41) is 3.12. The van der Waals surface area contributed by atoms with E-state index in [1.165, 1.54) is 16.8 Å². The van der Waals surface area contributed by atoms with Crippen molar-refractivity contribution in [2.24, 2.45) is 0 Å². The largest absolute Gasteiger partial charge is 0.294 e. The van der Waals surface area contributed by atoms with E-state index in [0.717, 1.165) is 24.1 Å². The van der Waals surface area contributed by atoms with Crippen LogP contribution < -0.4 is 5.56 Å². The van der Waals surface area contributed by atoms with Crippen LogP contribution in [0, 0.1) is 12.7 Å². The number of H-pyrrole nitrogens is 1. The molecule has 3 rings (SSSR count). The number of hydrogen-bond acceptors (Lipinski definition) is 1. The topological polar surface area (TPSA) is 37.8 Å². The van der Waals surface area contributed by atoms with Crippen molar-refractivity contribution in [3.63, 3.8) is 0 Å². The van der Waals surface area contributed by atoms with Crippen LogP contribution in [-0.4, -0.2) is 9.78 Å². The minimum atomic E-state index is -0.294. The molecule has 1 fully saturated rings. The van der Waals surface area contributed by atoms with Crippen LogP contribution in [0.2, 0.25) is 0 Å². The van der Waals surface area contributed by atoms with Crippen LogP contribution in [0.4, 0.5) is 4.39 Å². The molecule has 1 aliphatic rings. The lowest BCUT2D eigenvalue weighted by molar-refractivity contribution is 0.625. The second kappa shape index (κ2) is 4.09. The molecule has 0 amide bonds. The quantitative estimate of drug-likeness (QED) is 0.908. The maximum absolute atomic E-state index is 13.1. The Morgan fingerprint density at radius 2 is 2.17 bits per heavy atom. The Hall–Kier alpha value is -1.36. The van der Waals surface area contributed by atoms with Crippen molar-refractivity contribution in [2.75, 3.05) is 0 Å². The van der Waals surface area contributed by atoms with E-state index in [2.05, 4.69) is 21.0 Å². The molecule has 0 atom stereocenters. The first kappa shape index (κ1) is 11.7. The van der Waals surface area contributed by atoms with Crippen molar-refractivity contribution >= 4 is 15.9 Å². The number of hydrogen-bond donors (Lipinski definition) is 1. The molecule has 1 aromatic carbocycles. The van der Waals surface area contributed by atoms with Gasteiger partial charge in [-0.2, -0.15) is 0 Å².